The van der Waals surface area contributed by atoms with Crippen LogP contribution in [0.5, 0.6) is 0 Å². The van der Waals surface area contributed by atoms with Gasteiger partial charge in [-0.15, -0.1) is 0 Å². The first kappa shape index (κ1) is 26.7. The maximum atomic E-state index is 9.95. The van der Waals surface area contributed by atoms with Crippen LogP contribution in [-0.2, 0) is 0 Å². The fourth-order valence-corrected chi connectivity index (χ4v) is 6.17. The molecule has 3 fully saturated rings. The van der Waals surface area contributed by atoms with E-state index in [1.807, 2.05) is 13.8 Å². The highest BCUT2D eigenvalue weighted by molar-refractivity contribution is 5.62. The summed E-state index contributed by atoms with van der Waals surface area (Å²) < 4.78 is 0. The first-order valence-electron chi connectivity index (χ1n) is 12.5. The Balaban J connectivity index is 0.000000654. The van der Waals surface area contributed by atoms with Gasteiger partial charge in [-0.2, -0.15) is 0 Å². The van der Waals surface area contributed by atoms with Gasteiger partial charge >= 0.3 is 6.09 Å². The smallest absolute Gasteiger partial charge is 0.428 e. The fourth-order valence-electron chi connectivity index (χ4n) is 6.17. The largest absolute Gasteiger partial charge is 0.464 e. The Morgan fingerprint density at radius 1 is 1.16 bits per heavy atom. The fraction of sp³-hybridized carbons (Fsp3) is 0.741. The van der Waals surface area contributed by atoms with Crippen LogP contribution in [0.2, 0.25) is 0 Å². The second-order valence-electron chi connectivity index (χ2n) is 10.9. The number of hydrogen-bond donors (Lipinski definition) is 4. The van der Waals surface area contributed by atoms with Gasteiger partial charge in [-0.3, -0.25) is 5.21 Å². The summed E-state index contributed by atoms with van der Waals surface area (Å²) in [7, 11) is 0. The predicted molar refractivity (Wildman–Crippen MR) is 130 cm³/mol. The summed E-state index contributed by atoms with van der Waals surface area (Å²) in [5.74, 6) is 1.68. The maximum Gasteiger partial charge on any atom is 0.428 e. The van der Waals surface area contributed by atoms with Crippen LogP contribution in [0.15, 0.2) is 35.5 Å². The third kappa shape index (κ3) is 7.77. The molecule has 5 nitrogen and oxygen atoms in total. The van der Waals surface area contributed by atoms with E-state index in [1.54, 1.807) is 5.57 Å². The Bertz CT molecular complexity index is 703. The molecule has 3 atom stereocenters. The summed E-state index contributed by atoms with van der Waals surface area (Å²) in [6, 6.07) is 0. The van der Waals surface area contributed by atoms with Crippen molar-refractivity contribution in [1.82, 2.24) is 5.48 Å². The van der Waals surface area contributed by atoms with Crippen molar-refractivity contribution in [1.29, 1.82) is 0 Å². The molecule has 0 aromatic heterocycles. The van der Waals surface area contributed by atoms with E-state index in [9.17, 15) is 5.11 Å². The minimum absolute atomic E-state index is 0.501. The van der Waals surface area contributed by atoms with Gasteiger partial charge in [-0.05, 0) is 107 Å². The molecule has 1 amide bonds. The van der Waals surface area contributed by atoms with E-state index in [4.69, 9.17) is 15.1 Å². The Morgan fingerprint density at radius 2 is 1.84 bits per heavy atom. The lowest BCUT2D eigenvalue weighted by Gasteiger charge is -2.42. The average molecular weight is 448 g/mol. The second-order valence-corrected chi connectivity index (χ2v) is 10.9. The van der Waals surface area contributed by atoms with Crippen molar-refractivity contribution in [2.45, 2.75) is 110 Å². The molecular formula is C27H45NO4. The zero-order valence-corrected chi connectivity index (χ0v) is 20.5. The summed E-state index contributed by atoms with van der Waals surface area (Å²) in [4.78, 5) is 9.01. The van der Waals surface area contributed by atoms with Crippen molar-refractivity contribution < 1.29 is 20.2 Å². The van der Waals surface area contributed by atoms with Crippen LogP contribution in [0.1, 0.15) is 104 Å². The minimum Gasteiger partial charge on any atom is -0.464 e. The van der Waals surface area contributed by atoms with Gasteiger partial charge < -0.3 is 10.2 Å². The molecule has 0 spiro atoms. The molecule has 0 bridgehead atoms. The molecule has 0 radical (unpaired) electrons. The molecule has 0 aromatic carbocycles. The summed E-state index contributed by atoms with van der Waals surface area (Å²) in [6.45, 7) is 10.8. The number of hydroxylamine groups is 1. The molecule has 3 aliphatic rings. The lowest BCUT2D eigenvalue weighted by molar-refractivity contribution is 0.0659. The van der Waals surface area contributed by atoms with Gasteiger partial charge in [0.15, 0.2) is 0 Å². The molecule has 0 saturated heterocycles. The van der Waals surface area contributed by atoms with Gasteiger partial charge in [0.1, 0.15) is 0 Å². The Hall–Kier alpha value is -1.59. The Kier molecular flexibility index (Phi) is 10.0. The molecule has 0 aliphatic heterocycles. The van der Waals surface area contributed by atoms with Crippen LogP contribution in [0.4, 0.5) is 4.79 Å². The second kappa shape index (κ2) is 12.0. The summed E-state index contributed by atoms with van der Waals surface area (Å²) >= 11 is 0. The molecule has 3 aliphatic carbocycles. The topological polar surface area (TPSA) is 89.8 Å². The van der Waals surface area contributed by atoms with E-state index in [0.29, 0.717) is 5.41 Å². The highest BCUT2D eigenvalue weighted by Crippen LogP contribution is 2.58. The standard InChI is InChI=1S/C26H42O.CH3NO3/c1-20-10-5-6-11-21(20)14-15-22-12-9-19-26(4)23(16-17-24(22)26)13-7-8-18-25(2,3)27;3-1(4)2-5/h14-15,23-24,27H,1,5-13,16-19H2,2-4H3;2,5H,(H,3,4)/b21-14-,22-15+;. The van der Waals surface area contributed by atoms with E-state index < -0.39 is 11.7 Å². The van der Waals surface area contributed by atoms with Crippen LogP contribution in [0, 0.1) is 17.3 Å². The number of carbonyl (C=O) groups is 1. The first-order chi connectivity index (χ1) is 15.1. The van der Waals surface area contributed by atoms with Crippen LogP contribution < -0.4 is 5.48 Å². The van der Waals surface area contributed by atoms with Crippen molar-refractivity contribution in [2.75, 3.05) is 0 Å². The number of aliphatic hydroxyl groups is 1. The SMILES string of the molecule is C=C1CCCC/C1=C/C=C1\CCCC2(C)C(CCCCC(C)(C)O)CCC12.O=C(O)NO. The molecule has 3 rings (SSSR count). The normalized spacial score (nSPS) is 30.6. The lowest BCUT2D eigenvalue weighted by atomic mass is 9.62. The molecule has 4 N–H and O–H groups in total. The minimum atomic E-state index is -1.44. The molecule has 32 heavy (non-hydrogen) atoms. The van der Waals surface area contributed by atoms with E-state index >= 15 is 0 Å². The van der Waals surface area contributed by atoms with Gasteiger partial charge in [0.2, 0.25) is 0 Å². The lowest BCUT2D eigenvalue weighted by Crippen LogP contribution is -2.33. The van der Waals surface area contributed by atoms with Crippen LogP contribution in [0.3, 0.4) is 0 Å². The third-order valence-electron chi connectivity index (χ3n) is 7.98. The van der Waals surface area contributed by atoms with Crippen LogP contribution >= 0.6 is 0 Å². The zero-order chi connectivity index (χ0) is 23.8. The van der Waals surface area contributed by atoms with Crippen molar-refractivity contribution >= 4 is 6.09 Å². The molecule has 3 saturated carbocycles. The first-order valence-corrected chi connectivity index (χ1v) is 12.5. The number of hydrogen-bond acceptors (Lipinski definition) is 3. The van der Waals surface area contributed by atoms with E-state index in [1.165, 1.54) is 81.8 Å². The number of amides is 1. The van der Waals surface area contributed by atoms with Crippen molar-refractivity contribution in [2.24, 2.45) is 17.3 Å². The van der Waals surface area contributed by atoms with E-state index in [0.717, 1.165) is 30.2 Å². The number of rotatable bonds is 6. The quantitative estimate of drug-likeness (QED) is 0.197. The van der Waals surface area contributed by atoms with Crippen LogP contribution in [0.25, 0.3) is 0 Å². The van der Waals surface area contributed by atoms with Gasteiger partial charge in [0, 0.05) is 0 Å². The van der Waals surface area contributed by atoms with Gasteiger partial charge in [-0.25, -0.2) is 10.3 Å². The number of allylic oxidation sites excluding steroid dienone is 5. The molecule has 3 unspecified atom stereocenters. The number of fused-ring (bicyclic) bond motifs is 1. The molecular weight excluding hydrogens is 402 g/mol. The predicted octanol–water partition coefficient (Wildman–Crippen LogP) is 7.16. The summed E-state index contributed by atoms with van der Waals surface area (Å²) in [5.41, 5.74) is 5.59. The highest BCUT2D eigenvalue weighted by atomic mass is 16.5. The summed E-state index contributed by atoms with van der Waals surface area (Å²) in [6.07, 6.45) is 20.2. The van der Waals surface area contributed by atoms with Crippen molar-refractivity contribution in [3.63, 3.8) is 0 Å². The molecule has 5 heteroatoms. The Labute approximate surface area is 194 Å². The number of unbranched alkanes of at least 4 members (excludes halogenated alkanes) is 1. The monoisotopic (exact) mass is 447 g/mol. The third-order valence-corrected chi connectivity index (χ3v) is 7.98. The molecule has 0 heterocycles. The summed E-state index contributed by atoms with van der Waals surface area (Å²) in [5, 5.41) is 24.6. The van der Waals surface area contributed by atoms with Gasteiger partial charge in [0.25, 0.3) is 0 Å². The van der Waals surface area contributed by atoms with Crippen LogP contribution in [-0.4, -0.2) is 27.1 Å². The van der Waals surface area contributed by atoms with Crippen molar-refractivity contribution in [3.8, 4) is 0 Å². The zero-order valence-electron chi connectivity index (χ0n) is 20.5. The molecule has 0 aromatic rings. The molecule has 182 valence electrons. The van der Waals surface area contributed by atoms with E-state index in [-0.39, 0.29) is 0 Å². The maximum absolute atomic E-state index is 9.95. The van der Waals surface area contributed by atoms with E-state index in [2.05, 4.69) is 25.7 Å². The Morgan fingerprint density at radius 3 is 2.47 bits per heavy atom. The van der Waals surface area contributed by atoms with Gasteiger partial charge in [-0.1, -0.05) is 49.6 Å². The number of nitrogens with one attached hydrogen (secondary N) is 1. The highest BCUT2D eigenvalue weighted by Gasteiger charge is 2.48. The van der Waals surface area contributed by atoms with Crippen molar-refractivity contribution in [3.05, 3.63) is 35.5 Å². The van der Waals surface area contributed by atoms with Gasteiger partial charge in [0.05, 0.1) is 5.60 Å². The average Bonchev–Trinajstić information content (AvgIpc) is 3.07. The number of carboxylic acid groups (broad SMARTS) is 1.